The minimum Gasteiger partial charge on any atom is -0.495 e. The average molecular weight is 542 g/mol. The molecule has 5 aromatic rings. The van der Waals surface area contributed by atoms with Crippen LogP contribution in [-0.4, -0.2) is 58.3 Å². The van der Waals surface area contributed by atoms with Gasteiger partial charge in [0.1, 0.15) is 23.2 Å². The SMILES string of the molecule is COc1cncc(-c2cnc(N3CCOCC3)nc2Nc2c(C)c(-c3ccccn3)nc3cc(F)cc(F)c23)c1. The molecule has 1 aliphatic heterocycles. The number of pyridine rings is 3. The fraction of sp³-hybridized carbons (Fsp3) is 0.207. The zero-order valence-electron chi connectivity index (χ0n) is 21.9. The molecule has 6 rings (SSSR count). The Morgan fingerprint density at radius 2 is 1.85 bits per heavy atom. The van der Waals surface area contributed by atoms with Crippen LogP contribution in [-0.2, 0) is 4.74 Å². The minimum atomic E-state index is -0.743. The zero-order valence-corrected chi connectivity index (χ0v) is 21.9. The van der Waals surface area contributed by atoms with Crippen LogP contribution in [0.25, 0.3) is 33.4 Å². The van der Waals surface area contributed by atoms with Crippen molar-refractivity contribution in [2.24, 2.45) is 0 Å². The molecule has 0 saturated carbocycles. The Labute approximate surface area is 228 Å². The molecule has 1 saturated heterocycles. The van der Waals surface area contributed by atoms with Crippen molar-refractivity contribution in [2.45, 2.75) is 6.92 Å². The second-order valence-electron chi connectivity index (χ2n) is 9.23. The van der Waals surface area contributed by atoms with E-state index in [2.05, 4.69) is 25.3 Å². The first kappa shape index (κ1) is 25.5. The van der Waals surface area contributed by atoms with Gasteiger partial charge in [0.25, 0.3) is 0 Å². The normalized spacial score (nSPS) is 13.4. The van der Waals surface area contributed by atoms with E-state index >= 15 is 4.39 Å². The molecular weight excluding hydrogens is 516 g/mol. The first-order valence-electron chi connectivity index (χ1n) is 12.7. The molecule has 5 heterocycles. The second kappa shape index (κ2) is 10.8. The van der Waals surface area contributed by atoms with E-state index in [4.69, 9.17) is 14.5 Å². The van der Waals surface area contributed by atoms with Crippen molar-refractivity contribution in [3.05, 3.63) is 78.4 Å². The van der Waals surface area contributed by atoms with E-state index in [1.165, 1.54) is 6.07 Å². The number of hydrogen-bond acceptors (Lipinski definition) is 9. The summed E-state index contributed by atoms with van der Waals surface area (Å²) >= 11 is 0. The van der Waals surface area contributed by atoms with Crippen molar-refractivity contribution in [2.75, 3.05) is 43.6 Å². The molecule has 4 aromatic heterocycles. The molecule has 0 radical (unpaired) electrons. The number of fused-ring (bicyclic) bond motifs is 1. The third-order valence-corrected chi connectivity index (χ3v) is 6.73. The van der Waals surface area contributed by atoms with Gasteiger partial charge in [-0.05, 0) is 25.1 Å². The van der Waals surface area contributed by atoms with E-state index < -0.39 is 11.6 Å². The van der Waals surface area contributed by atoms with Crippen LogP contribution in [0.4, 0.5) is 26.2 Å². The molecule has 202 valence electrons. The number of ether oxygens (including phenoxy) is 2. The van der Waals surface area contributed by atoms with Crippen LogP contribution in [0, 0.1) is 18.6 Å². The molecule has 0 spiro atoms. The van der Waals surface area contributed by atoms with Crippen molar-refractivity contribution in [1.82, 2.24) is 24.9 Å². The van der Waals surface area contributed by atoms with Gasteiger partial charge in [-0.25, -0.2) is 18.7 Å². The number of rotatable bonds is 6. The smallest absolute Gasteiger partial charge is 0.227 e. The number of benzene rings is 1. The number of anilines is 3. The number of halogens is 2. The first-order valence-corrected chi connectivity index (χ1v) is 12.7. The van der Waals surface area contributed by atoms with Crippen molar-refractivity contribution >= 4 is 28.4 Å². The molecule has 40 heavy (non-hydrogen) atoms. The summed E-state index contributed by atoms with van der Waals surface area (Å²) in [5, 5.41) is 3.50. The molecule has 0 atom stereocenters. The summed E-state index contributed by atoms with van der Waals surface area (Å²) in [6, 6.07) is 9.30. The van der Waals surface area contributed by atoms with Crippen LogP contribution in [0.2, 0.25) is 0 Å². The Bertz CT molecular complexity index is 1700. The summed E-state index contributed by atoms with van der Waals surface area (Å²) in [6.07, 6.45) is 6.62. The summed E-state index contributed by atoms with van der Waals surface area (Å²) < 4.78 is 40.6. The molecule has 1 fully saturated rings. The highest BCUT2D eigenvalue weighted by molar-refractivity contribution is 5.99. The summed E-state index contributed by atoms with van der Waals surface area (Å²) in [6.45, 7) is 4.21. The summed E-state index contributed by atoms with van der Waals surface area (Å²) in [4.78, 5) is 24.8. The lowest BCUT2D eigenvalue weighted by atomic mass is 10.0. The molecule has 0 aliphatic carbocycles. The highest BCUT2D eigenvalue weighted by Crippen LogP contribution is 2.39. The van der Waals surface area contributed by atoms with Gasteiger partial charge in [0.2, 0.25) is 5.95 Å². The Morgan fingerprint density at radius 1 is 1.00 bits per heavy atom. The highest BCUT2D eigenvalue weighted by Gasteiger charge is 2.22. The van der Waals surface area contributed by atoms with Gasteiger partial charge in [-0.15, -0.1) is 0 Å². The summed E-state index contributed by atoms with van der Waals surface area (Å²) in [5.41, 5.74) is 3.55. The maximum Gasteiger partial charge on any atom is 0.227 e. The fourth-order valence-corrected chi connectivity index (χ4v) is 4.71. The highest BCUT2D eigenvalue weighted by atomic mass is 19.1. The van der Waals surface area contributed by atoms with Crippen molar-refractivity contribution in [1.29, 1.82) is 0 Å². The van der Waals surface area contributed by atoms with Crippen LogP contribution in [0.3, 0.4) is 0 Å². The third kappa shape index (κ3) is 4.87. The van der Waals surface area contributed by atoms with E-state index in [0.717, 1.165) is 6.07 Å². The minimum absolute atomic E-state index is 0.139. The maximum absolute atomic E-state index is 15.4. The van der Waals surface area contributed by atoms with Gasteiger partial charge in [0.15, 0.2) is 0 Å². The van der Waals surface area contributed by atoms with Gasteiger partial charge in [-0.3, -0.25) is 9.97 Å². The van der Waals surface area contributed by atoms with Crippen LogP contribution in [0.1, 0.15) is 5.56 Å². The van der Waals surface area contributed by atoms with Gasteiger partial charge in [0.05, 0.1) is 54.5 Å². The van der Waals surface area contributed by atoms with Crippen LogP contribution in [0.15, 0.2) is 61.2 Å². The molecule has 1 aromatic carbocycles. The monoisotopic (exact) mass is 541 g/mol. The Kier molecular flexibility index (Phi) is 6.87. The number of nitrogens with one attached hydrogen (secondary N) is 1. The van der Waals surface area contributed by atoms with Gasteiger partial charge in [0, 0.05) is 60.5 Å². The largest absolute Gasteiger partial charge is 0.495 e. The van der Waals surface area contributed by atoms with Gasteiger partial charge in [-0.2, -0.15) is 4.98 Å². The fourth-order valence-electron chi connectivity index (χ4n) is 4.71. The number of aromatic nitrogens is 5. The lowest BCUT2D eigenvalue weighted by Gasteiger charge is -2.27. The predicted octanol–water partition coefficient (Wildman–Crippen LogP) is 5.32. The summed E-state index contributed by atoms with van der Waals surface area (Å²) in [5.74, 6) is 0.00714. The Balaban J connectivity index is 1.57. The van der Waals surface area contributed by atoms with Crippen LogP contribution < -0.4 is 15.0 Å². The van der Waals surface area contributed by atoms with Gasteiger partial charge < -0.3 is 19.7 Å². The average Bonchev–Trinajstić information content (AvgIpc) is 2.99. The van der Waals surface area contributed by atoms with E-state index in [0.29, 0.717) is 77.6 Å². The topological polar surface area (TPSA) is 98.2 Å². The maximum atomic E-state index is 15.4. The second-order valence-corrected chi connectivity index (χ2v) is 9.23. The van der Waals surface area contributed by atoms with E-state index in [1.54, 1.807) is 44.0 Å². The van der Waals surface area contributed by atoms with Crippen LogP contribution in [0.5, 0.6) is 5.75 Å². The predicted molar refractivity (Wildman–Crippen MR) is 148 cm³/mol. The molecule has 0 amide bonds. The molecule has 0 unspecified atom stereocenters. The number of nitrogens with zero attached hydrogens (tertiary/aromatic N) is 6. The Morgan fingerprint density at radius 3 is 2.62 bits per heavy atom. The standard InChI is InChI=1S/C29H25F2N7O2/c1-17-26(23-5-3-4-6-33-23)35-24-13-19(30)12-22(31)25(24)27(17)36-28-21(18-11-20(39-2)15-32-14-18)16-34-29(37-28)38-7-9-40-10-8-38/h3-6,11-16H,7-10H2,1-2H3,(H,34,35,36,37). The lowest BCUT2D eigenvalue weighted by Crippen LogP contribution is -2.37. The van der Waals surface area contributed by atoms with Crippen molar-refractivity contribution < 1.29 is 18.3 Å². The van der Waals surface area contributed by atoms with Crippen LogP contribution >= 0.6 is 0 Å². The van der Waals surface area contributed by atoms with E-state index in [-0.39, 0.29) is 10.9 Å². The molecular formula is C29H25F2N7O2. The number of hydrogen-bond donors (Lipinski definition) is 1. The summed E-state index contributed by atoms with van der Waals surface area (Å²) in [7, 11) is 1.56. The van der Waals surface area contributed by atoms with E-state index in [1.807, 2.05) is 24.0 Å². The quantitative estimate of drug-likeness (QED) is 0.306. The number of methoxy groups -OCH3 is 1. The van der Waals surface area contributed by atoms with E-state index in [9.17, 15) is 4.39 Å². The molecule has 0 bridgehead atoms. The molecule has 11 heteroatoms. The van der Waals surface area contributed by atoms with Crippen molar-refractivity contribution in [3.8, 4) is 28.3 Å². The van der Waals surface area contributed by atoms with Gasteiger partial charge >= 0.3 is 0 Å². The van der Waals surface area contributed by atoms with Gasteiger partial charge in [-0.1, -0.05) is 6.07 Å². The third-order valence-electron chi connectivity index (χ3n) is 6.73. The molecule has 9 nitrogen and oxygen atoms in total. The molecule has 1 N–H and O–H groups in total. The first-order chi connectivity index (χ1) is 19.5. The lowest BCUT2D eigenvalue weighted by molar-refractivity contribution is 0.122. The molecule has 1 aliphatic rings. The Hall–Kier alpha value is -4.77. The van der Waals surface area contributed by atoms with Crippen molar-refractivity contribution in [3.63, 3.8) is 0 Å². The number of morpholine rings is 1. The zero-order chi connectivity index (χ0) is 27.6.